The third kappa shape index (κ3) is 1.99. The number of amides is 2. The van der Waals surface area contributed by atoms with Crippen LogP contribution in [0.3, 0.4) is 0 Å². The first kappa shape index (κ1) is 13.1. The third-order valence-corrected chi connectivity index (χ3v) is 4.57. The van der Waals surface area contributed by atoms with E-state index in [1.165, 1.54) is 0 Å². The zero-order valence-corrected chi connectivity index (χ0v) is 11.9. The molecule has 2 aliphatic rings. The summed E-state index contributed by atoms with van der Waals surface area (Å²) in [6, 6.07) is 0. The fraction of sp³-hybridized carbons (Fsp3) is 0.643. The number of carbonyl (C=O) groups excluding carboxylic acids is 2. The highest BCUT2D eigenvalue weighted by molar-refractivity contribution is 5.98. The molecule has 1 unspecified atom stereocenters. The lowest BCUT2D eigenvalue weighted by molar-refractivity contribution is -0.154. The zero-order chi connectivity index (χ0) is 14.3. The van der Waals surface area contributed by atoms with Crippen LogP contribution in [0.5, 0.6) is 0 Å². The molecule has 0 bridgehead atoms. The van der Waals surface area contributed by atoms with E-state index in [-0.39, 0.29) is 18.4 Å². The van der Waals surface area contributed by atoms with Gasteiger partial charge in [-0.05, 0) is 25.7 Å². The van der Waals surface area contributed by atoms with Gasteiger partial charge in [-0.15, -0.1) is 0 Å². The average molecular weight is 276 g/mol. The second-order valence-electron chi connectivity index (χ2n) is 5.85. The van der Waals surface area contributed by atoms with Gasteiger partial charge in [0.15, 0.2) is 0 Å². The van der Waals surface area contributed by atoms with Crippen molar-refractivity contribution in [2.75, 3.05) is 13.1 Å². The van der Waals surface area contributed by atoms with Crippen LogP contribution in [0.1, 0.15) is 25.6 Å². The van der Waals surface area contributed by atoms with Crippen LogP contribution < -0.4 is 5.32 Å². The molecule has 1 saturated carbocycles. The lowest BCUT2D eigenvalue weighted by Gasteiger charge is -2.44. The monoisotopic (exact) mass is 276 g/mol. The van der Waals surface area contributed by atoms with Crippen molar-refractivity contribution in [2.24, 2.45) is 13.0 Å². The number of imidazole rings is 1. The van der Waals surface area contributed by atoms with Crippen molar-refractivity contribution in [3.63, 3.8) is 0 Å². The van der Waals surface area contributed by atoms with Crippen molar-refractivity contribution in [1.29, 1.82) is 0 Å². The van der Waals surface area contributed by atoms with Crippen molar-refractivity contribution in [3.05, 3.63) is 18.2 Å². The minimum Gasteiger partial charge on any atom is -0.345 e. The second kappa shape index (κ2) is 4.61. The number of aryl methyl sites for hydroxylation is 1. The van der Waals surface area contributed by atoms with E-state index < -0.39 is 5.54 Å². The highest BCUT2D eigenvalue weighted by Gasteiger charge is 2.54. The molecule has 1 saturated heterocycles. The lowest BCUT2D eigenvalue weighted by Crippen LogP contribution is -2.67. The van der Waals surface area contributed by atoms with E-state index in [9.17, 15) is 9.59 Å². The van der Waals surface area contributed by atoms with E-state index >= 15 is 0 Å². The van der Waals surface area contributed by atoms with Crippen LogP contribution in [0, 0.1) is 5.92 Å². The molecule has 0 aromatic carbocycles. The van der Waals surface area contributed by atoms with Gasteiger partial charge in [-0.2, -0.15) is 0 Å². The van der Waals surface area contributed by atoms with Crippen LogP contribution in [0.4, 0.5) is 0 Å². The molecular formula is C14H20N4O2. The van der Waals surface area contributed by atoms with Gasteiger partial charge in [0, 0.05) is 32.4 Å². The molecule has 1 atom stereocenters. The molecule has 0 radical (unpaired) electrons. The van der Waals surface area contributed by atoms with Gasteiger partial charge in [-0.25, -0.2) is 4.98 Å². The Bertz CT molecular complexity index is 549. The molecule has 2 fully saturated rings. The van der Waals surface area contributed by atoms with Crippen LogP contribution in [0.25, 0.3) is 0 Å². The zero-order valence-electron chi connectivity index (χ0n) is 11.9. The predicted molar refractivity (Wildman–Crippen MR) is 72.8 cm³/mol. The Labute approximate surface area is 118 Å². The Kier molecular flexibility index (Phi) is 3.03. The summed E-state index contributed by atoms with van der Waals surface area (Å²) in [5.74, 6) is 1.22. The van der Waals surface area contributed by atoms with Gasteiger partial charge in [-0.3, -0.25) is 9.59 Å². The molecule has 0 spiro atoms. The van der Waals surface area contributed by atoms with E-state index in [0.717, 1.165) is 18.7 Å². The van der Waals surface area contributed by atoms with Gasteiger partial charge in [0.1, 0.15) is 11.4 Å². The van der Waals surface area contributed by atoms with E-state index in [4.69, 9.17) is 0 Å². The molecule has 1 N–H and O–H groups in total. The number of aromatic nitrogens is 2. The number of carbonyl (C=O) groups is 2. The van der Waals surface area contributed by atoms with Gasteiger partial charge in [0.25, 0.3) is 0 Å². The summed E-state index contributed by atoms with van der Waals surface area (Å²) in [7, 11) is 1.94. The van der Waals surface area contributed by atoms with Crippen LogP contribution in [-0.4, -0.2) is 44.9 Å². The molecule has 108 valence electrons. The SMILES string of the molecule is Cn1ccnc1CCN1C(=O)CNC(=O)C1(C)C1CC1. The Balaban J connectivity index is 1.79. The predicted octanol–water partition coefficient (Wildman–Crippen LogP) is 0.0897. The second-order valence-corrected chi connectivity index (χ2v) is 5.85. The van der Waals surface area contributed by atoms with Crippen molar-refractivity contribution < 1.29 is 9.59 Å². The Morgan fingerprint density at radius 3 is 2.80 bits per heavy atom. The number of rotatable bonds is 4. The third-order valence-electron chi connectivity index (χ3n) is 4.57. The molecule has 6 heteroatoms. The van der Waals surface area contributed by atoms with Crippen molar-refractivity contribution in [3.8, 4) is 0 Å². The molecule has 6 nitrogen and oxygen atoms in total. The summed E-state index contributed by atoms with van der Waals surface area (Å²) < 4.78 is 1.95. The van der Waals surface area contributed by atoms with Crippen LogP contribution >= 0.6 is 0 Å². The fourth-order valence-electron chi connectivity index (χ4n) is 3.07. The molecule has 2 amide bonds. The van der Waals surface area contributed by atoms with E-state index in [1.807, 2.05) is 24.7 Å². The number of piperazine rings is 1. The molecular weight excluding hydrogens is 256 g/mol. The Hall–Kier alpha value is -1.85. The minimum absolute atomic E-state index is 0.00760. The molecule has 20 heavy (non-hydrogen) atoms. The van der Waals surface area contributed by atoms with Crippen LogP contribution in [0.2, 0.25) is 0 Å². The summed E-state index contributed by atoms with van der Waals surface area (Å²) in [6.07, 6.45) is 6.36. The van der Waals surface area contributed by atoms with E-state index in [0.29, 0.717) is 18.9 Å². The summed E-state index contributed by atoms with van der Waals surface area (Å²) in [5, 5.41) is 2.73. The lowest BCUT2D eigenvalue weighted by atomic mass is 9.89. The van der Waals surface area contributed by atoms with Gasteiger partial charge >= 0.3 is 0 Å². The number of nitrogens with zero attached hydrogens (tertiary/aromatic N) is 3. The maximum atomic E-state index is 12.3. The maximum Gasteiger partial charge on any atom is 0.246 e. The van der Waals surface area contributed by atoms with Gasteiger partial charge in [0.05, 0.1) is 6.54 Å². The first-order chi connectivity index (χ1) is 9.53. The van der Waals surface area contributed by atoms with Crippen molar-refractivity contribution in [2.45, 2.75) is 31.7 Å². The number of hydrogen-bond acceptors (Lipinski definition) is 3. The largest absolute Gasteiger partial charge is 0.345 e. The summed E-state index contributed by atoms with van der Waals surface area (Å²) in [6.45, 7) is 2.56. The van der Waals surface area contributed by atoms with Crippen LogP contribution in [0.15, 0.2) is 12.4 Å². The van der Waals surface area contributed by atoms with Gasteiger partial charge < -0.3 is 14.8 Å². The molecule has 1 aromatic heterocycles. The van der Waals surface area contributed by atoms with Crippen LogP contribution in [-0.2, 0) is 23.1 Å². The standard InChI is InChI=1S/C14H20N4O2/c1-14(10-3-4-10)13(20)16-9-12(19)18(14)7-5-11-15-6-8-17(11)2/h6,8,10H,3-5,7,9H2,1-2H3,(H,16,20). The maximum absolute atomic E-state index is 12.3. The summed E-state index contributed by atoms with van der Waals surface area (Å²) in [4.78, 5) is 30.5. The molecule has 2 heterocycles. The summed E-state index contributed by atoms with van der Waals surface area (Å²) >= 11 is 0. The fourth-order valence-corrected chi connectivity index (χ4v) is 3.07. The topological polar surface area (TPSA) is 67.2 Å². The first-order valence-corrected chi connectivity index (χ1v) is 7.08. The Morgan fingerprint density at radius 2 is 2.20 bits per heavy atom. The quantitative estimate of drug-likeness (QED) is 0.847. The van der Waals surface area contributed by atoms with E-state index in [2.05, 4.69) is 10.3 Å². The highest BCUT2D eigenvalue weighted by atomic mass is 16.2. The molecule has 1 aliphatic carbocycles. The van der Waals surface area contributed by atoms with Gasteiger partial charge in [-0.1, -0.05) is 0 Å². The minimum atomic E-state index is -0.680. The van der Waals surface area contributed by atoms with Gasteiger partial charge in [0.2, 0.25) is 11.8 Å². The molecule has 1 aliphatic heterocycles. The normalized spacial score (nSPS) is 26.8. The number of nitrogens with one attached hydrogen (secondary N) is 1. The molecule has 1 aromatic rings. The summed E-state index contributed by atoms with van der Waals surface area (Å²) in [5.41, 5.74) is -0.680. The highest BCUT2D eigenvalue weighted by Crippen LogP contribution is 2.44. The van der Waals surface area contributed by atoms with E-state index in [1.54, 1.807) is 11.1 Å². The average Bonchev–Trinajstić information content (AvgIpc) is 3.19. The Morgan fingerprint density at radius 1 is 1.45 bits per heavy atom. The number of hydrogen-bond donors (Lipinski definition) is 1. The smallest absolute Gasteiger partial charge is 0.246 e. The van der Waals surface area contributed by atoms with Crippen molar-refractivity contribution in [1.82, 2.24) is 19.8 Å². The molecule has 3 rings (SSSR count). The first-order valence-electron chi connectivity index (χ1n) is 7.08. The van der Waals surface area contributed by atoms with Crippen molar-refractivity contribution >= 4 is 11.8 Å².